The van der Waals surface area contributed by atoms with Crippen molar-refractivity contribution in [3.8, 4) is 0 Å². The highest BCUT2D eigenvalue weighted by molar-refractivity contribution is 5.69. The lowest BCUT2D eigenvalue weighted by Gasteiger charge is -2.09. The van der Waals surface area contributed by atoms with Gasteiger partial charge in [-0.2, -0.15) is 0 Å². The molecule has 1 unspecified atom stereocenters. The molecule has 3 heteroatoms. The van der Waals surface area contributed by atoms with Crippen molar-refractivity contribution in [1.29, 1.82) is 0 Å². The van der Waals surface area contributed by atoms with Gasteiger partial charge in [0.15, 0.2) is 0 Å². The molecular weight excluding hydrogens is 132 g/mol. The van der Waals surface area contributed by atoms with Crippen LogP contribution in [0.2, 0.25) is 0 Å². The van der Waals surface area contributed by atoms with Crippen molar-refractivity contribution in [2.45, 2.75) is 31.8 Å². The Morgan fingerprint density at radius 2 is 2.20 bits per heavy atom. The van der Waals surface area contributed by atoms with E-state index in [1.807, 2.05) is 0 Å². The molecule has 2 N–H and O–H groups in total. The third kappa shape index (κ3) is 1.70. The topological polar surface area (TPSA) is 57.5 Å². The Bertz CT molecular complexity index is 149. The molecule has 0 aromatic carbocycles. The number of aliphatic carboxylic acids is 1. The quantitative estimate of drug-likeness (QED) is 0.610. The summed E-state index contributed by atoms with van der Waals surface area (Å²) in [4.78, 5) is 10.3. The van der Waals surface area contributed by atoms with Crippen LogP contribution >= 0.6 is 0 Å². The molecule has 0 aromatic heterocycles. The van der Waals surface area contributed by atoms with Crippen LogP contribution in [0.3, 0.4) is 0 Å². The molecule has 1 atom stereocenters. The summed E-state index contributed by atoms with van der Waals surface area (Å²) < 4.78 is 0. The van der Waals surface area contributed by atoms with Crippen LogP contribution in [-0.4, -0.2) is 21.8 Å². The maximum Gasteiger partial charge on any atom is 0.306 e. The molecular formula is C7H12O3. The molecule has 10 heavy (non-hydrogen) atoms. The predicted octanol–water partition coefficient (Wildman–Crippen LogP) is 0.622. The van der Waals surface area contributed by atoms with Crippen molar-refractivity contribution in [2.75, 3.05) is 0 Å². The van der Waals surface area contributed by atoms with E-state index in [2.05, 4.69) is 0 Å². The van der Waals surface area contributed by atoms with Crippen LogP contribution in [0, 0.1) is 5.92 Å². The lowest BCUT2D eigenvalue weighted by molar-refractivity contribution is -0.142. The van der Waals surface area contributed by atoms with Gasteiger partial charge in [0.25, 0.3) is 0 Å². The first-order chi connectivity index (χ1) is 4.53. The van der Waals surface area contributed by atoms with Gasteiger partial charge >= 0.3 is 5.97 Å². The van der Waals surface area contributed by atoms with Crippen LogP contribution in [0.25, 0.3) is 0 Å². The maximum absolute atomic E-state index is 10.3. The molecule has 1 aliphatic rings. The summed E-state index contributed by atoms with van der Waals surface area (Å²) in [5.74, 6) is -1.23. The molecule has 1 fully saturated rings. The van der Waals surface area contributed by atoms with Gasteiger partial charge in [0.2, 0.25) is 0 Å². The highest BCUT2D eigenvalue weighted by atomic mass is 16.4. The molecule has 0 aliphatic heterocycles. The van der Waals surface area contributed by atoms with Gasteiger partial charge in [-0.15, -0.1) is 0 Å². The van der Waals surface area contributed by atoms with Gasteiger partial charge in [0.1, 0.15) is 0 Å². The number of carboxylic acids is 1. The Kier molecular flexibility index (Phi) is 1.68. The van der Waals surface area contributed by atoms with Crippen molar-refractivity contribution in [1.82, 2.24) is 0 Å². The first-order valence-electron chi connectivity index (χ1n) is 3.49. The minimum atomic E-state index is -0.819. The van der Waals surface area contributed by atoms with Gasteiger partial charge in [0.05, 0.1) is 11.5 Å². The van der Waals surface area contributed by atoms with E-state index in [0.717, 1.165) is 12.8 Å². The molecule has 3 nitrogen and oxygen atoms in total. The van der Waals surface area contributed by atoms with Crippen LogP contribution in [-0.2, 0) is 4.79 Å². The molecule has 0 amide bonds. The van der Waals surface area contributed by atoms with Crippen LogP contribution in [0.15, 0.2) is 0 Å². The lowest BCUT2D eigenvalue weighted by Crippen LogP contribution is -2.18. The van der Waals surface area contributed by atoms with E-state index in [-0.39, 0.29) is 0 Å². The molecule has 1 aliphatic carbocycles. The number of rotatable bonds is 3. The SMILES string of the molecule is CC(CC1(O)CC1)C(=O)O. The average Bonchev–Trinajstić information content (AvgIpc) is 2.47. The van der Waals surface area contributed by atoms with Crippen molar-refractivity contribution >= 4 is 5.97 Å². The van der Waals surface area contributed by atoms with E-state index in [1.165, 1.54) is 0 Å². The molecule has 0 radical (unpaired) electrons. The predicted molar refractivity (Wildman–Crippen MR) is 35.6 cm³/mol. The number of carbonyl (C=O) groups is 1. The molecule has 0 heterocycles. The third-order valence-electron chi connectivity index (χ3n) is 1.93. The summed E-state index contributed by atoms with van der Waals surface area (Å²) in [6, 6.07) is 0. The Labute approximate surface area is 59.7 Å². The summed E-state index contributed by atoms with van der Waals surface area (Å²) in [6.07, 6.45) is 1.94. The minimum absolute atomic E-state index is 0.405. The second-order valence-corrected chi connectivity index (χ2v) is 3.17. The standard InChI is InChI=1S/C7H12O3/c1-5(6(8)9)4-7(10)2-3-7/h5,10H,2-4H2,1H3,(H,8,9). The number of carboxylic acid groups (broad SMARTS) is 1. The zero-order chi connectivity index (χ0) is 7.78. The van der Waals surface area contributed by atoms with E-state index in [1.54, 1.807) is 6.92 Å². The first-order valence-corrected chi connectivity index (χ1v) is 3.49. The van der Waals surface area contributed by atoms with Gasteiger partial charge < -0.3 is 10.2 Å². The Morgan fingerprint density at radius 1 is 1.70 bits per heavy atom. The van der Waals surface area contributed by atoms with Crippen molar-refractivity contribution in [2.24, 2.45) is 5.92 Å². The molecule has 1 rings (SSSR count). The van der Waals surface area contributed by atoms with Crippen molar-refractivity contribution < 1.29 is 15.0 Å². The largest absolute Gasteiger partial charge is 0.481 e. The van der Waals surface area contributed by atoms with Crippen LogP contribution in [0.5, 0.6) is 0 Å². The maximum atomic E-state index is 10.3. The third-order valence-corrected chi connectivity index (χ3v) is 1.93. The summed E-state index contributed by atoms with van der Waals surface area (Å²) in [6.45, 7) is 1.62. The smallest absolute Gasteiger partial charge is 0.306 e. The molecule has 0 spiro atoms. The zero-order valence-corrected chi connectivity index (χ0v) is 6.00. The first kappa shape index (κ1) is 7.54. The number of hydrogen-bond acceptors (Lipinski definition) is 2. The summed E-state index contributed by atoms with van der Waals surface area (Å²) in [5.41, 5.74) is -0.627. The van der Waals surface area contributed by atoms with Gasteiger partial charge in [-0.1, -0.05) is 6.92 Å². The van der Waals surface area contributed by atoms with E-state index in [0.29, 0.717) is 6.42 Å². The molecule has 0 aromatic rings. The van der Waals surface area contributed by atoms with E-state index in [4.69, 9.17) is 5.11 Å². The molecule has 1 saturated carbocycles. The van der Waals surface area contributed by atoms with Gasteiger partial charge in [-0.25, -0.2) is 0 Å². The monoisotopic (exact) mass is 144 g/mol. The normalized spacial score (nSPS) is 23.8. The Morgan fingerprint density at radius 3 is 2.50 bits per heavy atom. The van der Waals surface area contributed by atoms with Gasteiger partial charge in [-0.3, -0.25) is 4.79 Å². The molecule has 0 bridgehead atoms. The fraction of sp³-hybridized carbons (Fsp3) is 0.857. The van der Waals surface area contributed by atoms with Crippen LogP contribution < -0.4 is 0 Å². The zero-order valence-electron chi connectivity index (χ0n) is 6.00. The highest BCUT2D eigenvalue weighted by Crippen LogP contribution is 2.40. The fourth-order valence-electron chi connectivity index (χ4n) is 1.01. The highest BCUT2D eigenvalue weighted by Gasteiger charge is 2.42. The Hall–Kier alpha value is -0.570. The number of aliphatic hydroxyl groups is 1. The summed E-state index contributed by atoms with van der Waals surface area (Å²) in [7, 11) is 0. The minimum Gasteiger partial charge on any atom is -0.481 e. The van der Waals surface area contributed by atoms with Crippen molar-refractivity contribution in [3.05, 3.63) is 0 Å². The van der Waals surface area contributed by atoms with Gasteiger partial charge in [-0.05, 0) is 19.3 Å². The Balaban J connectivity index is 2.31. The van der Waals surface area contributed by atoms with Crippen LogP contribution in [0.4, 0.5) is 0 Å². The summed E-state index contributed by atoms with van der Waals surface area (Å²) >= 11 is 0. The van der Waals surface area contributed by atoms with Crippen LogP contribution in [0.1, 0.15) is 26.2 Å². The summed E-state index contributed by atoms with van der Waals surface area (Å²) in [5, 5.41) is 17.7. The van der Waals surface area contributed by atoms with Gasteiger partial charge in [0, 0.05) is 0 Å². The van der Waals surface area contributed by atoms with E-state index in [9.17, 15) is 9.90 Å². The fourth-order valence-corrected chi connectivity index (χ4v) is 1.01. The molecule has 58 valence electrons. The second-order valence-electron chi connectivity index (χ2n) is 3.17. The second kappa shape index (κ2) is 2.23. The number of hydrogen-bond donors (Lipinski definition) is 2. The molecule has 0 saturated heterocycles. The van der Waals surface area contributed by atoms with E-state index < -0.39 is 17.5 Å². The lowest BCUT2D eigenvalue weighted by atomic mass is 10.0. The average molecular weight is 144 g/mol. The van der Waals surface area contributed by atoms with Crippen molar-refractivity contribution in [3.63, 3.8) is 0 Å². The van der Waals surface area contributed by atoms with E-state index >= 15 is 0 Å².